The summed E-state index contributed by atoms with van der Waals surface area (Å²) in [5.41, 5.74) is 8.07. The third-order valence-electron chi connectivity index (χ3n) is 5.50. The van der Waals surface area contributed by atoms with Crippen molar-refractivity contribution in [3.05, 3.63) is 36.0 Å². The number of nitrogens with one attached hydrogen (secondary N) is 2. The largest absolute Gasteiger partial charge is 0.480 e. The first-order chi connectivity index (χ1) is 14.4. The number of thioether (sulfide) groups is 1. The zero-order valence-electron chi connectivity index (χ0n) is 17.0. The van der Waals surface area contributed by atoms with E-state index in [4.69, 9.17) is 5.73 Å². The molecular weight excluding hydrogens is 404 g/mol. The Bertz CT molecular complexity index is 915. The maximum atomic E-state index is 13.0. The molecule has 0 spiro atoms. The second-order valence-corrected chi connectivity index (χ2v) is 8.53. The lowest BCUT2D eigenvalue weighted by Gasteiger charge is -2.28. The van der Waals surface area contributed by atoms with E-state index in [1.54, 1.807) is 11.8 Å². The maximum absolute atomic E-state index is 13.0. The zero-order chi connectivity index (χ0) is 21.7. The van der Waals surface area contributed by atoms with Gasteiger partial charge in [-0.3, -0.25) is 9.59 Å². The predicted molar refractivity (Wildman–Crippen MR) is 117 cm³/mol. The van der Waals surface area contributed by atoms with Crippen LogP contribution in [0.1, 0.15) is 24.8 Å². The van der Waals surface area contributed by atoms with E-state index >= 15 is 0 Å². The second kappa shape index (κ2) is 9.99. The Labute approximate surface area is 179 Å². The standard InChI is InChI=1S/C21H28N4O4S/c1-30-10-8-17(20(27)25-9-4-7-18(25)21(28)29)24-19(26)15(22)11-13-12-23-16-6-3-2-5-14(13)16/h2-3,5-6,12,15,17-18,23H,4,7-11,22H2,1H3,(H,24,26)(H,28,29)/t15-,17-,18+/m0/s1. The van der Waals surface area contributed by atoms with Crippen molar-refractivity contribution in [1.82, 2.24) is 15.2 Å². The third-order valence-corrected chi connectivity index (χ3v) is 6.14. The molecule has 0 radical (unpaired) electrons. The van der Waals surface area contributed by atoms with Gasteiger partial charge in [-0.15, -0.1) is 0 Å². The molecule has 1 saturated heterocycles. The number of para-hydroxylation sites is 1. The molecule has 2 heterocycles. The highest BCUT2D eigenvalue weighted by Gasteiger charge is 2.37. The number of hydrogen-bond acceptors (Lipinski definition) is 5. The number of carbonyl (C=O) groups excluding carboxylic acids is 2. The van der Waals surface area contributed by atoms with E-state index in [-0.39, 0.29) is 5.91 Å². The van der Waals surface area contributed by atoms with Crippen LogP contribution in [0, 0.1) is 0 Å². The number of rotatable bonds is 9. The van der Waals surface area contributed by atoms with Crippen molar-refractivity contribution in [1.29, 1.82) is 0 Å². The number of carboxylic acids is 1. The first-order valence-corrected chi connectivity index (χ1v) is 11.4. The van der Waals surface area contributed by atoms with E-state index in [2.05, 4.69) is 10.3 Å². The van der Waals surface area contributed by atoms with Crippen LogP contribution in [0.2, 0.25) is 0 Å². The Balaban J connectivity index is 1.68. The molecule has 3 atom stereocenters. The molecule has 5 N–H and O–H groups in total. The van der Waals surface area contributed by atoms with Crippen LogP contribution in [0.4, 0.5) is 0 Å². The number of likely N-dealkylation sites (tertiary alicyclic amines) is 1. The van der Waals surface area contributed by atoms with Gasteiger partial charge in [-0.05, 0) is 49.3 Å². The van der Waals surface area contributed by atoms with Crippen LogP contribution in [-0.4, -0.2) is 69.5 Å². The number of carboxylic acid groups (broad SMARTS) is 1. The quantitative estimate of drug-likeness (QED) is 0.473. The number of aromatic amines is 1. The molecule has 0 unspecified atom stereocenters. The van der Waals surface area contributed by atoms with E-state index in [0.29, 0.717) is 38.0 Å². The fourth-order valence-electron chi connectivity index (χ4n) is 3.89. The number of amides is 2. The number of hydrogen-bond donors (Lipinski definition) is 4. The van der Waals surface area contributed by atoms with Gasteiger partial charge in [-0.2, -0.15) is 11.8 Å². The number of aliphatic carboxylic acids is 1. The average molecular weight is 433 g/mol. The van der Waals surface area contributed by atoms with E-state index in [9.17, 15) is 19.5 Å². The second-order valence-electron chi connectivity index (χ2n) is 7.54. The normalized spacial score (nSPS) is 18.3. The molecule has 8 nitrogen and oxygen atoms in total. The molecular formula is C21H28N4O4S. The molecule has 1 aliphatic rings. The van der Waals surface area contributed by atoms with Crippen LogP contribution in [-0.2, 0) is 20.8 Å². The summed E-state index contributed by atoms with van der Waals surface area (Å²) in [7, 11) is 0. The van der Waals surface area contributed by atoms with Crippen LogP contribution < -0.4 is 11.1 Å². The molecule has 0 aliphatic carbocycles. The van der Waals surface area contributed by atoms with Gasteiger partial charge in [0.2, 0.25) is 11.8 Å². The molecule has 1 aromatic heterocycles. The van der Waals surface area contributed by atoms with E-state index in [1.807, 2.05) is 36.7 Å². The maximum Gasteiger partial charge on any atom is 0.326 e. The molecule has 1 aromatic carbocycles. The summed E-state index contributed by atoms with van der Waals surface area (Å²) < 4.78 is 0. The number of nitrogens with zero attached hydrogens (tertiary/aromatic N) is 1. The van der Waals surface area contributed by atoms with Crippen LogP contribution >= 0.6 is 11.8 Å². The minimum atomic E-state index is -1.01. The number of benzene rings is 1. The summed E-state index contributed by atoms with van der Waals surface area (Å²) >= 11 is 1.56. The molecule has 2 amide bonds. The number of carbonyl (C=O) groups is 3. The third kappa shape index (κ3) is 4.96. The van der Waals surface area contributed by atoms with Crippen LogP contribution in [0.5, 0.6) is 0 Å². The van der Waals surface area contributed by atoms with Gasteiger partial charge in [0.15, 0.2) is 0 Å². The van der Waals surface area contributed by atoms with E-state index in [0.717, 1.165) is 16.5 Å². The Morgan fingerprint density at radius 1 is 1.37 bits per heavy atom. The summed E-state index contributed by atoms with van der Waals surface area (Å²) in [6.07, 6.45) is 5.60. The van der Waals surface area contributed by atoms with Gasteiger partial charge in [0.05, 0.1) is 6.04 Å². The number of fused-ring (bicyclic) bond motifs is 1. The van der Waals surface area contributed by atoms with Crippen molar-refractivity contribution in [3.8, 4) is 0 Å². The molecule has 0 saturated carbocycles. The number of H-pyrrole nitrogens is 1. The highest BCUT2D eigenvalue weighted by atomic mass is 32.2. The van der Waals surface area contributed by atoms with Gasteiger partial charge in [-0.1, -0.05) is 18.2 Å². The van der Waals surface area contributed by atoms with Gasteiger partial charge in [0.1, 0.15) is 12.1 Å². The van der Waals surface area contributed by atoms with Crippen molar-refractivity contribution in [3.63, 3.8) is 0 Å². The fourth-order valence-corrected chi connectivity index (χ4v) is 4.36. The SMILES string of the molecule is CSCC[C@H](NC(=O)[C@@H](N)Cc1c[nH]c2ccccc12)C(=O)N1CCC[C@@H]1C(=O)O. The lowest BCUT2D eigenvalue weighted by Crippen LogP contribution is -2.55. The van der Waals surface area contributed by atoms with Crippen molar-refractivity contribution in [2.24, 2.45) is 5.73 Å². The summed E-state index contributed by atoms with van der Waals surface area (Å²) in [4.78, 5) is 41.8. The fraction of sp³-hybridized carbons (Fsp3) is 0.476. The Kier molecular flexibility index (Phi) is 7.38. The lowest BCUT2D eigenvalue weighted by atomic mass is 10.0. The van der Waals surface area contributed by atoms with Gasteiger partial charge in [-0.25, -0.2) is 4.79 Å². The molecule has 0 bridgehead atoms. The summed E-state index contributed by atoms with van der Waals surface area (Å²) in [6, 6.07) is 5.36. The summed E-state index contributed by atoms with van der Waals surface area (Å²) in [5, 5.41) is 13.2. The van der Waals surface area contributed by atoms with Crippen LogP contribution in [0.3, 0.4) is 0 Å². The molecule has 30 heavy (non-hydrogen) atoms. The monoisotopic (exact) mass is 432 g/mol. The number of aromatic nitrogens is 1. The predicted octanol–water partition coefficient (Wildman–Crippen LogP) is 1.35. The molecule has 2 aromatic rings. The highest BCUT2D eigenvalue weighted by Crippen LogP contribution is 2.21. The minimum Gasteiger partial charge on any atom is -0.480 e. The van der Waals surface area contributed by atoms with Crippen molar-refractivity contribution in [2.75, 3.05) is 18.6 Å². The smallest absolute Gasteiger partial charge is 0.326 e. The van der Waals surface area contributed by atoms with E-state index in [1.165, 1.54) is 4.90 Å². The molecule has 1 aliphatic heterocycles. The molecule has 162 valence electrons. The van der Waals surface area contributed by atoms with Gasteiger partial charge >= 0.3 is 5.97 Å². The van der Waals surface area contributed by atoms with Crippen LogP contribution in [0.15, 0.2) is 30.5 Å². The van der Waals surface area contributed by atoms with Crippen molar-refractivity contribution >= 4 is 40.4 Å². The number of nitrogens with two attached hydrogens (primary N) is 1. The molecule has 3 rings (SSSR count). The molecule has 9 heteroatoms. The van der Waals surface area contributed by atoms with Gasteiger partial charge < -0.3 is 26.0 Å². The first-order valence-electron chi connectivity index (χ1n) is 10.1. The summed E-state index contributed by atoms with van der Waals surface area (Å²) in [5.74, 6) is -1.10. The average Bonchev–Trinajstić information content (AvgIpc) is 3.38. The van der Waals surface area contributed by atoms with Crippen molar-refractivity contribution in [2.45, 2.75) is 43.8 Å². The highest BCUT2D eigenvalue weighted by molar-refractivity contribution is 7.98. The first kappa shape index (κ1) is 22.2. The Morgan fingerprint density at radius 2 is 2.13 bits per heavy atom. The van der Waals surface area contributed by atoms with Crippen molar-refractivity contribution < 1.29 is 19.5 Å². The van der Waals surface area contributed by atoms with Crippen LogP contribution in [0.25, 0.3) is 10.9 Å². The zero-order valence-corrected chi connectivity index (χ0v) is 17.8. The minimum absolute atomic E-state index is 0.334. The topological polar surface area (TPSA) is 129 Å². The van der Waals surface area contributed by atoms with Gasteiger partial charge in [0, 0.05) is 23.6 Å². The van der Waals surface area contributed by atoms with E-state index < -0.39 is 30.0 Å². The summed E-state index contributed by atoms with van der Waals surface area (Å²) in [6.45, 7) is 0.392. The lowest BCUT2D eigenvalue weighted by molar-refractivity contribution is -0.149. The Morgan fingerprint density at radius 3 is 2.87 bits per heavy atom. The Hall–Kier alpha value is -2.52. The van der Waals surface area contributed by atoms with Gasteiger partial charge in [0.25, 0.3) is 0 Å². The molecule has 1 fully saturated rings.